The smallest absolute Gasteiger partial charge is 0.412 e. The van der Waals surface area contributed by atoms with Crippen molar-refractivity contribution >= 4 is 11.8 Å². The van der Waals surface area contributed by atoms with E-state index < -0.39 is 6.09 Å². The molecule has 1 aromatic carbocycles. The maximum atomic E-state index is 11.9. The number of allylic oxidation sites excluding steroid dienone is 5. The Balaban J connectivity index is 2.39. The van der Waals surface area contributed by atoms with E-state index in [2.05, 4.69) is 30.5 Å². The van der Waals surface area contributed by atoms with Crippen LogP contribution in [0.3, 0.4) is 0 Å². The molecule has 0 aliphatic carbocycles. The van der Waals surface area contributed by atoms with Gasteiger partial charge in [-0.1, -0.05) is 41.5 Å². The summed E-state index contributed by atoms with van der Waals surface area (Å²) in [7, 11) is 0. The van der Waals surface area contributed by atoms with Gasteiger partial charge in [0.2, 0.25) is 0 Å². The Hall–Kier alpha value is -2.49. The molecule has 0 aliphatic heterocycles. The molecule has 1 unspecified atom stereocenters. The normalized spacial score (nSPS) is 13.7. The third-order valence-corrected chi connectivity index (χ3v) is 3.93. The van der Waals surface area contributed by atoms with Crippen molar-refractivity contribution in [3.8, 4) is 5.75 Å². The van der Waals surface area contributed by atoms with E-state index in [1.165, 1.54) is 17.2 Å². The van der Waals surface area contributed by atoms with E-state index in [-0.39, 0.29) is 11.9 Å². The summed E-state index contributed by atoms with van der Waals surface area (Å²) in [6.07, 6.45) is 11.7. The van der Waals surface area contributed by atoms with Crippen LogP contribution in [0.15, 0.2) is 59.7 Å². The van der Waals surface area contributed by atoms with Crippen LogP contribution >= 0.6 is 0 Å². The zero-order valence-corrected chi connectivity index (χ0v) is 16.3. The van der Waals surface area contributed by atoms with Gasteiger partial charge in [-0.3, -0.25) is 5.32 Å². The largest absolute Gasteiger partial charge is 0.506 e. The number of hydrogen-bond donors (Lipinski definition) is 2. The van der Waals surface area contributed by atoms with Crippen LogP contribution in [0.25, 0.3) is 0 Å². The SMILES string of the molecule is CC=CCCC(C)=CCCC(C)=CC(C)OC(=O)Nc1ccccc1O. The van der Waals surface area contributed by atoms with Gasteiger partial charge in [-0.2, -0.15) is 0 Å². The first-order valence-electron chi connectivity index (χ1n) is 9.12. The van der Waals surface area contributed by atoms with E-state index in [0.717, 1.165) is 25.7 Å². The Bertz CT molecular complexity index is 659. The van der Waals surface area contributed by atoms with Gasteiger partial charge in [0.05, 0.1) is 5.69 Å². The molecule has 0 heterocycles. The fourth-order valence-electron chi connectivity index (χ4n) is 2.53. The number of amides is 1. The molecule has 1 rings (SSSR count). The molecule has 0 aromatic heterocycles. The Morgan fingerprint density at radius 3 is 2.58 bits per heavy atom. The molecule has 1 atom stereocenters. The van der Waals surface area contributed by atoms with Crippen LogP contribution in [-0.2, 0) is 4.74 Å². The quantitative estimate of drug-likeness (QED) is 0.399. The number of phenols is 1. The lowest BCUT2D eigenvalue weighted by atomic mass is 10.1. The minimum absolute atomic E-state index is 0.0143. The number of carbonyl (C=O) groups excluding carboxylic acids is 1. The van der Waals surface area contributed by atoms with Crippen molar-refractivity contribution in [2.75, 3.05) is 5.32 Å². The molecule has 2 N–H and O–H groups in total. The molecule has 1 amide bonds. The lowest BCUT2D eigenvalue weighted by Crippen LogP contribution is -2.19. The molecular weight excluding hydrogens is 326 g/mol. The zero-order chi connectivity index (χ0) is 19.4. The molecule has 0 bridgehead atoms. The van der Waals surface area contributed by atoms with Crippen LogP contribution in [0.1, 0.15) is 53.4 Å². The maximum absolute atomic E-state index is 11.9. The summed E-state index contributed by atoms with van der Waals surface area (Å²) in [6.45, 7) is 8.08. The first kappa shape index (κ1) is 21.6. The number of carbonyl (C=O) groups is 1. The van der Waals surface area contributed by atoms with Gasteiger partial charge in [-0.15, -0.1) is 0 Å². The van der Waals surface area contributed by atoms with E-state index in [9.17, 15) is 9.90 Å². The second-order valence-electron chi connectivity index (χ2n) is 6.46. The number of para-hydroxylation sites is 2. The van der Waals surface area contributed by atoms with Crippen molar-refractivity contribution in [3.05, 3.63) is 59.7 Å². The lowest BCUT2D eigenvalue weighted by Gasteiger charge is -2.12. The van der Waals surface area contributed by atoms with Gasteiger partial charge in [-0.05, 0) is 71.6 Å². The first-order valence-corrected chi connectivity index (χ1v) is 9.12. The maximum Gasteiger partial charge on any atom is 0.412 e. The number of benzene rings is 1. The summed E-state index contributed by atoms with van der Waals surface area (Å²) in [5.74, 6) is 0.0143. The molecule has 4 nitrogen and oxygen atoms in total. The van der Waals surface area contributed by atoms with Gasteiger partial charge in [0.1, 0.15) is 11.9 Å². The molecule has 0 radical (unpaired) electrons. The van der Waals surface area contributed by atoms with Crippen molar-refractivity contribution < 1.29 is 14.6 Å². The minimum atomic E-state index is -0.581. The summed E-state index contributed by atoms with van der Waals surface area (Å²) >= 11 is 0. The van der Waals surface area contributed by atoms with E-state index in [0.29, 0.717) is 5.69 Å². The van der Waals surface area contributed by atoms with Crippen LogP contribution in [0.5, 0.6) is 5.75 Å². The van der Waals surface area contributed by atoms with Crippen LogP contribution in [0, 0.1) is 0 Å². The molecule has 0 saturated heterocycles. The average Bonchev–Trinajstić information content (AvgIpc) is 2.57. The minimum Gasteiger partial charge on any atom is -0.506 e. The summed E-state index contributed by atoms with van der Waals surface area (Å²) in [5, 5.41) is 12.2. The van der Waals surface area contributed by atoms with Gasteiger partial charge in [0.25, 0.3) is 0 Å². The first-order chi connectivity index (χ1) is 12.4. The monoisotopic (exact) mass is 357 g/mol. The Morgan fingerprint density at radius 1 is 1.19 bits per heavy atom. The highest BCUT2D eigenvalue weighted by Gasteiger charge is 2.09. The number of nitrogens with one attached hydrogen (secondary N) is 1. The number of rotatable bonds is 9. The number of hydrogen-bond acceptors (Lipinski definition) is 3. The molecule has 0 fully saturated rings. The Kier molecular flexibility index (Phi) is 9.91. The topological polar surface area (TPSA) is 58.6 Å². The molecule has 4 heteroatoms. The Labute approximate surface area is 157 Å². The Morgan fingerprint density at radius 2 is 1.88 bits per heavy atom. The van der Waals surface area contributed by atoms with Crippen LogP contribution in [0.4, 0.5) is 10.5 Å². The number of aromatic hydroxyl groups is 1. The predicted molar refractivity (Wildman–Crippen MR) is 108 cm³/mol. The molecule has 0 saturated carbocycles. The van der Waals surface area contributed by atoms with Gasteiger partial charge < -0.3 is 9.84 Å². The molecule has 0 aliphatic rings. The van der Waals surface area contributed by atoms with E-state index in [4.69, 9.17) is 4.74 Å². The highest BCUT2D eigenvalue weighted by molar-refractivity contribution is 5.86. The van der Waals surface area contributed by atoms with Crippen molar-refractivity contribution in [3.63, 3.8) is 0 Å². The zero-order valence-electron chi connectivity index (χ0n) is 16.3. The van der Waals surface area contributed by atoms with Gasteiger partial charge in [-0.25, -0.2) is 4.79 Å². The third-order valence-electron chi connectivity index (χ3n) is 3.93. The summed E-state index contributed by atoms with van der Waals surface area (Å²) in [5.41, 5.74) is 2.93. The summed E-state index contributed by atoms with van der Waals surface area (Å²) in [6, 6.07) is 6.55. The fourth-order valence-corrected chi connectivity index (χ4v) is 2.53. The molecule has 0 spiro atoms. The standard InChI is InChI=1S/C22H31NO3/c1-5-6-7-11-17(2)12-10-13-18(3)16-19(4)26-22(25)23-20-14-8-9-15-21(20)24/h5-6,8-9,12,14-16,19,24H,7,10-11,13H2,1-4H3,(H,23,25). The van der Waals surface area contributed by atoms with Crippen LogP contribution < -0.4 is 5.32 Å². The van der Waals surface area contributed by atoms with Gasteiger partial charge >= 0.3 is 6.09 Å². The molecular formula is C22H31NO3. The van der Waals surface area contributed by atoms with Crippen molar-refractivity contribution in [1.82, 2.24) is 0 Å². The van der Waals surface area contributed by atoms with Crippen molar-refractivity contribution in [2.24, 2.45) is 0 Å². The van der Waals surface area contributed by atoms with E-state index in [1.54, 1.807) is 18.2 Å². The predicted octanol–water partition coefficient (Wildman–Crippen LogP) is 6.36. The van der Waals surface area contributed by atoms with Gasteiger partial charge in [0, 0.05) is 0 Å². The van der Waals surface area contributed by atoms with Crippen LogP contribution in [0.2, 0.25) is 0 Å². The fraction of sp³-hybridized carbons (Fsp3) is 0.409. The summed E-state index contributed by atoms with van der Waals surface area (Å²) < 4.78 is 5.31. The average molecular weight is 357 g/mol. The molecule has 1 aromatic rings. The van der Waals surface area contributed by atoms with Crippen molar-refractivity contribution in [1.29, 1.82) is 0 Å². The van der Waals surface area contributed by atoms with Crippen LogP contribution in [-0.4, -0.2) is 17.3 Å². The number of anilines is 1. The summed E-state index contributed by atoms with van der Waals surface area (Å²) in [4.78, 5) is 11.9. The van der Waals surface area contributed by atoms with E-state index >= 15 is 0 Å². The second kappa shape index (κ2) is 12.0. The number of ether oxygens (including phenoxy) is 1. The lowest BCUT2D eigenvalue weighted by molar-refractivity contribution is 0.141. The third kappa shape index (κ3) is 9.11. The van der Waals surface area contributed by atoms with Crippen molar-refractivity contribution in [2.45, 2.75) is 59.5 Å². The van der Waals surface area contributed by atoms with Gasteiger partial charge in [0.15, 0.2) is 0 Å². The van der Waals surface area contributed by atoms with E-state index in [1.807, 2.05) is 26.8 Å². The number of phenolic OH excluding ortho intramolecular Hbond substituents is 1. The highest BCUT2D eigenvalue weighted by Crippen LogP contribution is 2.21. The second-order valence-corrected chi connectivity index (χ2v) is 6.46. The molecule has 26 heavy (non-hydrogen) atoms. The molecule has 142 valence electrons. The highest BCUT2D eigenvalue weighted by atomic mass is 16.6.